The summed E-state index contributed by atoms with van der Waals surface area (Å²) < 4.78 is 44.8. The lowest BCUT2D eigenvalue weighted by molar-refractivity contribution is -0.142. The second-order valence-corrected chi connectivity index (χ2v) is 5.23. The van der Waals surface area contributed by atoms with Gasteiger partial charge in [-0.3, -0.25) is 4.79 Å². The van der Waals surface area contributed by atoms with Crippen LogP contribution >= 0.6 is 0 Å². The summed E-state index contributed by atoms with van der Waals surface area (Å²) in [4.78, 5) is 12.0. The lowest BCUT2D eigenvalue weighted by atomic mass is 10.2. The quantitative estimate of drug-likeness (QED) is 0.894. The van der Waals surface area contributed by atoms with E-state index in [4.69, 9.17) is 4.74 Å². The molecule has 0 radical (unpaired) electrons. The number of rotatable bonds is 3. The first-order valence-corrected chi connectivity index (χ1v) is 7.30. The number of benzene rings is 1. The van der Waals surface area contributed by atoms with Crippen molar-refractivity contribution in [2.24, 2.45) is 0 Å². The van der Waals surface area contributed by atoms with E-state index in [0.29, 0.717) is 25.4 Å². The van der Waals surface area contributed by atoms with Crippen molar-refractivity contribution in [2.75, 3.05) is 25.0 Å². The zero-order valence-electron chi connectivity index (χ0n) is 12.5. The van der Waals surface area contributed by atoms with Crippen LogP contribution in [-0.4, -0.2) is 41.5 Å². The summed E-state index contributed by atoms with van der Waals surface area (Å²) in [7, 11) is 0. The van der Waals surface area contributed by atoms with Gasteiger partial charge in [0.2, 0.25) is 0 Å². The third kappa shape index (κ3) is 3.57. The summed E-state index contributed by atoms with van der Waals surface area (Å²) in [6, 6.07) is 6.86. The van der Waals surface area contributed by atoms with Crippen molar-refractivity contribution < 1.29 is 22.7 Å². The zero-order valence-corrected chi connectivity index (χ0v) is 12.5. The molecule has 1 unspecified atom stereocenters. The standard InChI is InChI=1S/C15H15F3N4O2/c16-15(17,18)13-5-6-20-22(13)11-3-1-10(2-4-11)21-14(23)12-9-19-7-8-24-12/h1-6,12,19H,7-9H2,(H,21,23). The molecular formula is C15H15F3N4O2. The van der Waals surface area contributed by atoms with Crippen LogP contribution in [0.25, 0.3) is 5.69 Å². The monoisotopic (exact) mass is 340 g/mol. The molecule has 1 saturated heterocycles. The molecule has 1 aromatic heterocycles. The van der Waals surface area contributed by atoms with Crippen LogP contribution in [0.1, 0.15) is 5.69 Å². The average Bonchev–Trinajstić information content (AvgIpc) is 3.06. The summed E-state index contributed by atoms with van der Waals surface area (Å²) in [5, 5.41) is 9.42. The van der Waals surface area contributed by atoms with Gasteiger partial charge in [-0.1, -0.05) is 0 Å². The molecular weight excluding hydrogens is 325 g/mol. The molecule has 2 aromatic rings. The number of nitrogens with zero attached hydrogens (tertiary/aromatic N) is 2. The topological polar surface area (TPSA) is 68.2 Å². The van der Waals surface area contributed by atoms with Gasteiger partial charge in [0.05, 0.1) is 18.5 Å². The number of hydrogen-bond acceptors (Lipinski definition) is 4. The summed E-state index contributed by atoms with van der Waals surface area (Å²) in [6.07, 6.45) is -3.98. The fourth-order valence-electron chi connectivity index (χ4n) is 2.37. The van der Waals surface area contributed by atoms with E-state index in [1.54, 1.807) is 0 Å². The van der Waals surface area contributed by atoms with Crippen LogP contribution in [0.4, 0.5) is 18.9 Å². The molecule has 2 N–H and O–H groups in total. The predicted octanol–water partition coefficient (Wildman–Crippen LogP) is 1.82. The normalized spacial score (nSPS) is 18.4. The Morgan fingerprint density at radius 2 is 2.04 bits per heavy atom. The van der Waals surface area contributed by atoms with Crippen molar-refractivity contribution in [1.29, 1.82) is 0 Å². The molecule has 0 bridgehead atoms. The summed E-state index contributed by atoms with van der Waals surface area (Å²) >= 11 is 0. The zero-order chi connectivity index (χ0) is 17.2. The summed E-state index contributed by atoms with van der Waals surface area (Å²) in [6.45, 7) is 1.58. The Labute approximate surface area is 135 Å². The van der Waals surface area contributed by atoms with Gasteiger partial charge in [0, 0.05) is 18.8 Å². The first-order valence-electron chi connectivity index (χ1n) is 7.30. The maximum atomic E-state index is 12.9. The van der Waals surface area contributed by atoms with Crippen LogP contribution in [0.2, 0.25) is 0 Å². The maximum Gasteiger partial charge on any atom is 0.433 e. The van der Waals surface area contributed by atoms with E-state index < -0.39 is 18.0 Å². The SMILES string of the molecule is O=C(Nc1ccc(-n2nccc2C(F)(F)F)cc1)C1CNCCO1. The van der Waals surface area contributed by atoms with Crippen molar-refractivity contribution in [3.05, 3.63) is 42.2 Å². The van der Waals surface area contributed by atoms with Gasteiger partial charge in [-0.05, 0) is 30.3 Å². The van der Waals surface area contributed by atoms with E-state index in [1.165, 1.54) is 24.3 Å². The van der Waals surface area contributed by atoms with E-state index in [9.17, 15) is 18.0 Å². The highest BCUT2D eigenvalue weighted by Gasteiger charge is 2.35. The largest absolute Gasteiger partial charge is 0.433 e. The third-order valence-corrected chi connectivity index (χ3v) is 3.53. The lowest BCUT2D eigenvalue weighted by Gasteiger charge is -2.22. The van der Waals surface area contributed by atoms with Crippen molar-refractivity contribution in [3.63, 3.8) is 0 Å². The molecule has 0 spiro atoms. The Morgan fingerprint density at radius 3 is 2.67 bits per heavy atom. The van der Waals surface area contributed by atoms with Crippen LogP contribution in [-0.2, 0) is 15.7 Å². The molecule has 1 amide bonds. The number of amides is 1. The molecule has 1 fully saturated rings. The van der Waals surface area contributed by atoms with Crippen molar-refractivity contribution in [3.8, 4) is 5.69 Å². The molecule has 0 saturated carbocycles. The van der Waals surface area contributed by atoms with Gasteiger partial charge >= 0.3 is 6.18 Å². The first-order chi connectivity index (χ1) is 11.4. The molecule has 128 valence electrons. The lowest BCUT2D eigenvalue weighted by Crippen LogP contribution is -2.45. The highest BCUT2D eigenvalue weighted by Crippen LogP contribution is 2.30. The fraction of sp³-hybridized carbons (Fsp3) is 0.333. The van der Waals surface area contributed by atoms with E-state index >= 15 is 0 Å². The Bertz CT molecular complexity index is 706. The molecule has 6 nitrogen and oxygen atoms in total. The number of nitrogens with one attached hydrogen (secondary N) is 2. The molecule has 1 atom stereocenters. The number of hydrogen-bond donors (Lipinski definition) is 2. The minimum absolute atomic E-state index is 0.251. The van der Waals surface area contributed by atoms with Gasteiger partial charge in [-0.15, -0.1) is 0 Å². The highest BCUT2D eigenvalue weighted by molar-refractivity contribution is 5.94. The van der Waals surface area contributed by atoms with E-state index in [-0.39, 0.29) is 11.6 Å². The van der Waals surface area contributed by atoms with Crippen LogP contribution < -0.4 is 10.6 Å². The van der Waals surface area contributed by atoms with Crippen LogP contribution in [0.15, 0.2) is 36.5 Å². The van der Waals surface area contributed by atoms with Gasteiger partial charge in [-0.25, -0.2) is 4.68 Å². The molecule has 1 aliphatic rings. The number of alkyl halides is 3. The fourth-order valence-corrected chi connectivity index (χ4v) is 2.37. The number of aromatic nitrogens is 2. The second kappa shape index (κ2) is 6.62. The number of morpholine rings is 1. The van der Waals surface area contributed by atoms with Crippen molar-refractivity contribution >= 4 is 11.6 Å². The third-order valence-electron chi connectivity index (χ3n) is 3.53. The number of anilines is 1. The van der Waals surface area contributed by atoms with Crippen LogP contribution in [0, 0.1) is 0 Å². The van der Waals surface area contributed by atoms with Crippen molar-refractivity contribution in [2.45, 2.75) is 12.3 Å². The first kappa shape index (κ1) is 16.5. The summed E-state index contributed by atoms with van der Waals surface area (Å²) in [5.41, 5.74) is -0.138. The van der Waals surface area contributed by atoms with Gasteiger partial charge in [0.25, 0.3) is 5.91 Å². The van der Waals surface area contributed by atoms with Gasteiger partial charge in [0.1, 0.15) is 11.8 Å². The van der Waals surface area contributed by atoms with Crippen molar-refractivity contribution in [1.82, 2.24) is 15.1 Å². The van der Waals surface area contributed by atoms with Crippen LogP contribution in [0.3, 0.4) is 0 Å². The molecule has 9 heteroatoms. The molecule has 2 heterocycles. The molecule has 1 aromatic carbocycles. The Kier molecular flexibility index (Phi) is 4.54. The molecule has 1 aliphatic heterocycles. The van der Waals surface area contributed by atoms with E-state index in [0.717, 1.165) is 16.9 Å². The average molecular weight is 340 g/mol. The number of carbonyl (C=O) groups excluding carboxylic acids is 1. The maximum absolute atomic E-state index is 12.9. The Balaban J connectivity index is 1.72. The van der Waals surface area contributed by atoms with Gasteiger partial charge in [0.15, 0.2) is 0 Å². The predicted molar refractivity (Wildman–Crippen MR) is 79.8 cm³/mol. The summed E-state index contributed by atoms with van der Waals surface area (Å²) in [5.74, 6) is -0.301. The van der Waals surface area contributed by atoms with Gasteiger partial charge < -0.3 is 15.4 Å². The second-order valence-electron chi connectivity index (χ2n) is 5.23. The number of halogens is 3. The minimum Gasteiger partial charge on any atom is -0.366 e. The Hall–Kier alpha value is -2.39. The number of carbonyl (C=O) groups is 1. The minimum atomic E-state index is -4.49. The Morgan fingerprint density at radius 1 is 1.29 bits per heavy atom. The number of ether oxygens (including phenoxy) is 1. The highest BCUT2D eigenvalue weighted by atomic mass is 19.4. The van der Waals surface area contributed by atoms with Crippen LogP contribution in [0.5, 0.6) is 0 Å². The van der Waals surface area contributed by atoms with E-state index in [1.807, 2.05) is 0 Å². The van der Waals surface area contributed by atoms with Gasteiger partial charge in [-0.2, -0.15) is 18.3 Å². The molecule has 0 aliphatic carbocycles. The molecule has 3 rings (SSSR count). The van der Waals surface area contributed by atoms with E-state index in [2.05, 4.69) is 15.7 Å². The molecule has 24 heavy (non-hydrogen) atoms. The smallest absolute Gasteiger partial charge is 0.366 e.